The van der Waals surface area contributed by atoms with Crippen LogP contribution in [0, 0.1) is 0 Å². The summed E-state index contributed by atoms with van der Waals surface area (Å²) in [6, 6.07) is 17.7. The molecule has 0 aromatic heterocycles. The molecule has 28 heavy (non-hydrogen) atoms. The Morgan fingerprint density at radius 3 is 1.00 bits per heavy atom. The summed E-state index contributed by atoms with van der Waals surface area (Å²) in [7, 11) is 0. The molecule has 0 bridgehead atoms. The molecule has 0 amide bonds. The third-order valence-corrected chi connectivity index (χ3v) is 5.08. The van der Waals surface area contributed by atoms with Gasteiger partial charge in [0.15, 0.2) is 5.78 Å². The minimum absolute atomic E-state index is 0.0689. The van der Waals surface area contributed by atoms with Crippen molar-refractivity contribution in [1.82, 2.24) is 0 Å². The van der Waals surface area contributed by atoms with Crippen LogP contribution >= 0.6 is 0 Å². The van der Waals surface area contributed by atoms with Gasteiger partial charge in [-0.1, -0.05) is 0 Å². The number of carbonyl (C=O) groups is 1. The molecular weight excluding hydrogens is 344 g/mol. The van der Waals surface area contributed by atoms with E-state index in [1.54, 1.807) is 0 Å². The minimum Gasteiger partial charge on any atom is -0.367 e. The van der Waals surface area contributed by atoms with E-state index in [2.05, 4.69) is 89.5 Å². The normalized spacial score (nSPS) is 11.6. The molecule has 152 valence electrons. The van der Waals surface area contributed by atoms with Crippen molar-refractivity contribution in [2.75, 3.05) is 9.80 Å². The van der Waals surface area contributed by atoms with E-state index in [1.807, 2.05) is 24.3 Å². The molecule has 0 aliphatic heterocycles. The first-order chi connectivity index (χ1) is 13.1. The van der Waals surface area contributed by atoms with E-state index in [4.69, 9.17) is 0 Å². The molecule has 0 saturated carbocycles. The van der Waals surface area contributed by atoms with E-state index in [1.165, 1.54) is 0 Å². The first-order valence-electron chi connectivity index (χ1n) is 10.4. The molecule has 2 aromatic rings. The highest BCUT2D eigenvalue weighted by Gasteiger charge is 2.17. The summed E-state index contributed by atoms with van der Waals surface area (Å²) in [6.07, 6.45) is 0. The largest absolute Gasteiger partial charge is 0.367 e. The fourth-order valence-electron chi connectivity index (χ4n) is 4.12. The molecule has 3 nitrogen and oxygen atoms in total. The van der Waals surface area contributed by atoms with Gasteiger partial charge in [-0.15, -0.1) is 0 Å². The average molecular weight is 381 g/mol. The number of nitrogens with zero attached hydrogens (tertiary/aromatic N) is 2. The van der Waals surface area contributed by atoms with Gasteiger partial charge in [-0.25, -0.2) is 0 Å². The molecule has 0 aliphatic rings. The predicted octanol–water partition coefficient (Wildman–Crippen LogP) is 6.16. The third-order valence-electron chi connectivity index (χ3n) is 5.08. The van der Waals surface area contributed by atoms with Gasteiger partial charge in [0, 0.05) is 46.7 Å². The number of ketones is 1. The van der Waals surface area contributed by atoms with Crippen LogP contribution in [0.4, 0.5) is 11.4 Å². The van der Waals surface area contributed by atoms with Crippen LogP contribution < -0.4 is 9.80 Å². The predicted molar refractivity (Wildman–Crippen MR) is 122 cm³/mol. The molecule has 0 N–H and O–H groups in total. The van der Waals surface area contributed by atoms with Gasteiger partial charge in [0.05, 0.1) is 0 Å². The molecule has 2 aromatic carbocycles. The second-order valence-corrected chi connectivity index (χ2v) is 8.61. The first kappa shape index (κ1) is 22.0. The molecule has 0 radical (unpaired) electrons. The zero-order valence-electron chi connectivity index (χ0n) is 18.7. The molecule has 2 rings (SSSR count). The van der Waals surface area contributed by atoms with E-state index in [0.717, 1.165) is 22.5 Å². The highest BCUT2D eigenvalue weighted by atomic mass is 16.1. The number of carbonyl (C=O) groups excluding carboxylic acids is 1. The summed E-state index contributed by atoms with van der Waals surface area (Å²) in [5.41, 5.74) is 3.77. The Labute approximate surface area is 171 Å². The maximum absolute atomic E-state index is 12.9. The van der Waals surface area contributed by atoms with Gasteiger partial charge >= 0.3 is 0 Å². The molecular formula is C25H36N2O. The van der Waals surface area contributed by atoms with Crippen LogP contribution in [-0.2, 0) is 0 Å². The van der Waals surface area contributed by atoms with E-state index >= 15 is 0 Å². The van der Waals surface area contributed by atoms with Crippen LogP contribution in [0.2, 0.25) is 0 Å². The van der Waals surface area contributed by atoms with Crippen LogP contribution in [-0.4, -0.2) is 30.0 Å². The van der Waals surface area contributed by atoms with Crippen molar-refractivity contribution in [1.29, 1.82) is 0 Å². The number of rotatable bonds is 8. The third kappa shape index (κ3) is 4.95. The Hall–Kier alpha value is -2.29. The Morgan fingerprint density at radius 1 is 0.536 bits per heavy atom. The Bertz CT molecular complexity index is 677. The number of anilines is 2. The van der Waals surface area contributed by atoms with Gasteiger partial charge in [0.25, 0.3) is 0 Å². The molecule has 0 unspecified atom stereocenters. The highest BCUT2D eigenvalue weighted by Crippen LogP contribution is 2.24. The summed E-state index contributed by atoms with van der Waals surface area (Å²) in [6.45, 7) is 17.5. The van der Waals surface area contributed by atoms with Crippen molar-refractivity contribution >= 4 is 17.2 Å². The van der Waals surface area contributed by atoms with Crippen LogP contribution in [0.15, 0.2) is 48.5 Å². The van der Waals surface area contributed by atoms with Gasteiger partial charge in [-0.2, -0.15) is 0 Å². The zero-order chi connectivity index (χ0) is 21.0. The first-order valence-corrected chi connectivity index (χ1v) is 10.4. The molecule has 0 spiro atoms. The Kier molecular flexibility index (Phi) is 7.29. The number of hydrogen-bond acceptors (Lipinski definition) is 3. The van der Waals surface area contributed by atoms with Gasteiger partial charge in [0.2, 0.25) is 0 Å². The van der Waals surface area contributed by atoms with Crippen molar-refractivity contribution in [3.05, 3.63) is 59.7 Å². The quantitative estimate of drug-likeness (QED) is 0.512. The van der Waals surface area contributed by atoms with Crippen LogP contribution in [0.1, 0.15) is 71.3 Å². The lowest BCUT2D eigenvalue weighted by Gasteiger charge is -2.33. The fourth-order valence-corrected chi connectivity index (χ4v) is 4.12. The van der Waals surface area contributed by atoms with Crippen LogP contribution in [0.3, 0.4) is 0 Å². The second kappa shape index (κ2) is 9.27. The number of hydrogen-bond donors (Lipinski definition) is 0. The van der Waals surface area contributed by atoms with Crippen LogP contribution in [0.25, 0.3) is 0 Å². The van der Waals surface area contributed by atoms with E-state index in [-0.39, 0.29) is 5.78 Å². The van der Waals surface area contributed by atoms with Gasteiger partial charge in [-0.05, 0) is 104 Å². The van der Waals surface area contributed by atoms with Crippen molar-refractivity contribution in [2.24, 2.45) is 0 Å². The topological polar surface area (TPSA) is 23.6 Å². The number of benzene rings is 2. The second-order valence-electron chi connectivity index (χ2n) is 8.61. The lowest BCUT2D eigenvalue weighted by atomic mass is 10.0. The zero-order valence-corrected chi connectivity index (χ0v) is 18.7. The maximum Gasteiger partial charge on any atom is 0.193 e. The molecule has 0 aliphatic carbocycles. The smallest absolute Gasteiger partial charge is 0.193 e. The van der Waals surface area contributed by atoms with E-state index in [0.29, 0.717) is 24.2 Å². The summed E-state index contributed by atoms with van der Waals surface area (Å²) in [5, 5.41) is 0. The Balaban J connectivity index is 2.22. The molecule has 0 atom stereocenters. The van der Waals surface area contributed by atoms with Crippen molar-refractivity contribution < 1.29 is 4.79 Å². The summed E-state index contributed by atoms with van der Waals surface area (Å²) < 4.78 is 0. The molecule has 0 heterocycles. The monoisotopic (exact) mass is 380 g/mol. The lowest BCUT2D eigenvalue weighted by Crippen LogP contribution is -2.37. The van der Waals surface area contributed by atoms with Crippen molar-refractivity contribution in [3.8, 4) is 0 Å². The van der Waals surface area contributed by atoms with Gasteiger partial charge in [-0.3, -0.25) is 4.79 Å². The average Bonchev–Trinajstić information content (AvgIpc) is 2.61. The van der Waals surface area contributed by atoms with Crippen LogP contribution in [0.5, 0.6) is 0 Å². The Morgan fingerprint density at radius 2 is 0.786 bits per heavy atom. The van der Waals surface area contributed by atoms with E-state index in [9.17, 15) is 4.79 Å². The molecule has 0 saturated heterocycles. The summed E-state index contributed by atoms with van der Waals surface area (Å²) >= 11 is 0. The maximum atomic E-state index is 12.9. The minimum atomic E-state index is 0.0689. The standard InChI is InChI=1S/C25H36N2O/c1-17(2)26(18(3)4)23-13-9-21(10-14-23)25(28)22-11-15-24(16-12-22)27(19(5)6)20(7)8/h9-20H,1-8H3. The van der Waals surface area contributed by atoms with Crippen molar-refractivity contribution in [2.45, 2.75) is 79.6 Å². The van der Waals surface area contributed by atoms with E-state index < -0.39 is 0 Å². The fraction of sp³-hybridized carbons (Fsp3) is 0.480. The SMILES string of the molecule is CC(C)N(c1ccc(C(=O)c2ccc(N(C(C)C)C(C)C)cc2)cc1)C(C)C. The van der Waals surface area contributed by atoms with Gasteiger partial charge < -0.3 is 9.80 Å². The molecule has 3 heteroatoms. The van der Waals surface area contributed by atoms with Gasteiger partial charge in [0.1, 0.15) is 0 Å². The molecule has 0 fully saturated rings. The summed E-state index contributed by atoms with van der Waals surface area (Å²) in [5.74, 6) is 0.0689. The lowest BCUT2D eigenvalue weighted by molar-refractivity contribution is 0.103. The highest BCUT2D eigenvalue weighted by molar-refractivity contribution is 6.09. The van der Waals surface area contributed by atoms with Crippen molar-refractivity contribution in [3.63, 3.8) is 0 Å². The summed E-state index contributed by atoms with van der Waals surface area (Å²) in [4.78, 5) is 17.6.